The molecule has 1 heterocycles. The van der Waals surface area contributed by atoms with E-state index in [1.807, 2.05) is 19.2 Å². The summed E-state index contributed by atoms with van der Waals surface area (Å²) in [6, 6.07) is 6.79. The van der Waals surface area contributed by atoms with Crippen molar-refractivity contribution in [3.05, 3.63) is 49.6 Å². The highest BCUT2D eigenvalue weighted by Crippen LogP contribution is 2.28. The Labute approximate surface area is 134 Å². The number of thioether (sulfide) groups is 1. The van der Waals surface area contributed by atoms with Crippen molar-refractivity contribution < 1.29 is 5.11 Å². The minimum absolute atomic E-state index is 0.101. The SMILES string of the molecule is CSCC(C)n1c(O)c(-c2cccc(Br)c2)c(=O)[nH]c1=O. The van der Waals surface area contributed by atoms with E-state index in [4.69, 9.17) is 0 Å². The fourth-order valence-electron chi connectivity index (χ4n) is 2.17. The Balaban J connectivity index is 2.70. The Hall–Kier alpha value is -1.47. The van der Waals surface area contributed by atoms with Crippen molar-refractivity contribution in [2.24, 2.45) is 0 Å². The van der Waals surface area contributed by atoms with Gasteiger partial charge in [-0.3, -0.25) is 14.3 Å². The summed E-state index contributed by atoms with van der Waals surface area (Å²) >= 11 is 4.89. The monoisotopic (exact) mass is 370 g/mol. The van der Waals surface area contributed by atoms with E-state index in [2.05, 4.69) is 20.9 Å². The Morgan fingerprint density at radius 1 is 1.43 bits per heavy atom. The van der Waals surface area contributed by atoms with Crippen molar-refractivity contribution in [2.75, 3.05) is 12.0 Å². The lowest BCUT2D eigenvalue weighted by Gasteiger charge is -2.17. The summed E-state index contributed by atoms with van der Waals surface area (Å²) in [6.45, 7) is 1.82. The summed E-state index contributed by atoms with van der Waals surface area (Å²) in [6.07, 6.45) is 1.92. The van der Waals surface area contributed by atoms with Crippen LogP contribution in [0.4, 0.5) is 0 Å². The number of H-pyrrole nitrogens is 1. The van der Waals surface area contributed by atoms with E-state index in [0.717, 1.165) is 4.47 Å². The molecule has 0 fully saturated rings. The highest BCUT2D eigenvalue weighted by Gasteiger charge is 2.19. The van der Waals surface area contributed by atoms with Gasteiger partial charge in [0.05, 0.1) is 0 Å². The number of hydrogen-bond acceptors (Lipinski definition) is 4. The minimum atomic E-state index is -0.599. The van der Waals surface area contributed by atoms with E-state index in [1.54, 1.807) is 30.0 Å². The van der Waals surface area contributed by atoms with Gasteiger partial charge in [0.25, 0.3) is 5.56 Å². The minimum Gasteiger partial charge on any atom is -0.494 e. The van der Waals surface area contributed by atoms with Crippen LogP contribution < -0.4 is 11.2 Å². The fourth-order valence-corrected chi connectivity index (χ4v) is 3.20. The average Bonchev–Trinajstić information content (AvgIpc) is 2.38. The topological polar surface area (TPSA) is 75.1 Å². The van der Waals surface area contributed by atoms with Gasteiger partial charge in [0, 0.05) is 16.3 Å². The number of aromatic amines is 1. The maximum Gasteiger partial charge on any atom is 0.331 e. The van der Waals surface area contributed by atoms with Gasteiger partial charge in [-0.2, -0.15) is 11.8 Å². The summed E-state index contributed by atoms with van der Waals surface area (Å²) in [7, 11) is 0. The molecule has 21 heavy (non-hydrogen) atoms. The molecule has 0 aliphatic rings. The summed E-state index contributed by atoms with van der Waals surface area (Å²) in [4.78, 5) is 26.3. The normalized spacial score (nSPS) is 12.3. The number of benzene rings is 1. The van der Waals surface area contributed by atoms with Gasteiger partial charge in [-0.15, -0.1) is 0 Å². The highest BCUT2D eigenvalue weighted by atomic mass is 79.9. The second-order valence-electron chi connectivity index (χ2n) is 4.64. The van der Waals surface area contributed by atoms with Crippen LogP contribution in [0.2, 0.25) is 0 Å². The van der Waals surface area contributed by atoms with Crippen LogP contribution in [0.3, 0.4) is 0 Å². The van der Waals surface area contributed by atoms with Crippen LogP contribution in [0.25, 0.3) is 11.1 Å². The number of hydrogen-bond donors (Lipinski definition) is 2. The molecule has 0 aliphatic heterocycles. The first kappa shape index (κ1) is 15.9. The first-order valence-electron chi connectivity index (χ1n) is 6.28. The molecule has 2 N–H and O–H groups in total. The third-order valence-corrected chi connectivity index (χ3v) is 4.39. The van der Waals surface area contributed by atoms with Crippen LogP contribution in [0.5, 0.6) is 5.88 Å². The molecule has 0 radical (unpaired) electrons. The third kappa shape index (κ3) is 3.24. The molecule has 0 saturated heterocycles. The number of halogens is 1. The number of nitrogens with zero attached hydrogens (tertiary/aromatic N) is 1. The second kappa shape index (κ2) is 6.53. The van der Waals surface area contributed by atoms with Gasteiger partial charge in [-0.05, 0) is 30.9 Å². The number of nitrogens with one attached hydrogen (secondary N) is 1. The van der Waals surface area contributed by atoms with E-state index < -0.39 is 11.2 Å². The van der Waals surface area contributed by atoms with Crippen LogP contribution in [0, 0.1) is 0 Å². The fraction of sp³-hybridized carbons (Fsp3) is 0.286. The van der Waals surface area contributed by atoms with Crippen molar-refractivity contribution >= 4 is 27.7 Å². The van der Waals surface area contributed by atoms with Gasteiger partial charge in [-0.25, -0.2) is 4.79 Å². The molecule has 112 valence electrons. The first-order chi connectivity index (χ1) is 9.95. The van der Waals surface area contributed by atoms with E-state index in [1.165, 1.54) is 4.57 Å². The molecule has 2 aromatic rings. The third-order valence-electron chi connectivity index (χ3n) is 3.08. The zero-order valence-electron chi connectivity index (χ0n) is 11.6. The number of rotatable bonds is 4. The van der Waals surface area contributed by atoms with Gasteiger partial charge in [0.15, 0.2) is 0 Å². The van der Waals surface area contributed by atoms with Crippen LogP contribution in [0.15, 0.2) is 38.3 Å². The molecule has 5 nitrogen and oxygen atoms in total. The molecular weight excluding hydrogens is 356 g/mol. The Morgan fingerprint density at radius 3 is 2.76 bits per heavy atom. The molecule has 0 saturated carbocycles. The second-order valence-corrected chi connectivity index (χ2v) is 6.47. The molecule has 1 aromatic heterocycles. The lowest BCUT2D eigenvalue weighted by atomic mass is 10.1. The van der Waals surface area contributed by atoms with Gasteiger partial charge in [0.2, 0.25) is 5.88 Å². The molecule has 2 rings (SSSR count). The molecule has 1 unspecified atom stereocenters. The summed E-state index contributed by atoms with van der Waals surface area (Å²) in [5, 5.41) is 10.4. The highest BCUT2D eigenvalue weighted by molar-refractivity contribution is 9.10. The molecule has 0 aliphatic carbocycles. The van der Waals surface area contributed by atoms with Gasteiger partial charge >= 0.3 is 5.69 Å². The molecule has 0 amide bonds. The Kier molecular flexibility index (Phi) is 4.95. The molecule has 0 spiro atoms. The standard InChI is InChI=1S/C14H15BrN2O3S/c1-8(7-21-2)17-13(19)11(12(18)16-14(17)20)9-4-3-5-10(15)6-9/h3-6,8,19H,7H2,1-2H3,(H,16,18,20). The molecular formula is C14H15BrN2O3S. The van der Waals surface area contributed by atoms with Crippen molar-refractivity contribution in [3.8, 4) is 17.0 Å². The molecule has 1 aromatic carbocycles. The Bertz CT molecular complexity index is 770. The maximum absolute atomic E-state index is 12.1. The van der Waals surface area contributed by atoms with Crippen LogP contribution >= 0.6 is 27.7 Å². The van der Waals surface area contributed by atoms with Crippen LogP contribution in [-0.4, -0.2) is 26.7 Å². The maximum atomic E-state index is 12.1. The van der Waals surface area contributed by atoms with Crippen molar-refractivity contribution in [2.45, 2.75) is 13.0 Å². The van der Waals surface area contributed by atoms with Crippen molar-refractivity contribution in [1.82, 2.24) is 9.55 Å². The van der Waals surface area contributed by atoms with Gasteiger partial charge in [-0.1, -0.05) is 28.1 Å². The summed E-state index contributed by atoms with van der Waals surface area (Å²) in [5.41, 5.74) is -0.543. The number of aromatic nitrogens is 2. The van der Waals surface area contributed by atoms with Gasteiger partial charge in [0.1, 0.15) is 5.56 Å². The van der Waals surface area contributed by atoms with Crippen LogP contribution in [0.1, 0.15) is 13.0 Å². The smallest absolute Gasteiger partial charge is 0.331 e. The average molecular weight is 371 g/mol. The molecule has 0 bridgehead atoms. The van der Waals surface area contributed by atoms with Crippen LogP contribution in [-0.2, 0) is 0 Å². The largest absolute Gasteiger partial charge is 0.494 e. The predicted octanol–water partition coefficient (Wildman–Crippen LogP) is 2.60. The number of aromatic hydroxyl groups is 1. The van der Waals surface area contributed by atoms with E-state index >= 15 is 0 Å². The Morgan fingerprint density at radius 2 is 2.14 bits per heavy atom. The zero-order valence-corrected chi connectivity index (χ0v) is 14.0. The van der Waals surface area contributed by atoms with Crippen molar-refractivity contribution in [3.63, 3.8) is 0 Å². The zero-order chi connectivity index (χ0) is 15.6. The van der Waals surface area contributed by atoms with E-state index in [0.29, 0.717) is 11.3 Å². The predicted molar refractivity (Wildman–Crippen MR) is 89.2 cm³/mol. The lowest BCUT2D eigenvalue weighted by Crippen LogP contribution is -2.33. The van der Waals surface area contributed by atoms with E-state index in [-0.39, 0.29) is 17.5 Å². The van der Waals surface area contributed by atoms with Crippen molar-refractivity contribution in [1.29, 1.82) is 0 Å². The molecule has 7 heteroatoms. The quantitative estimate of drug-likeness (QED) is 0.867. The summed E-state index contributed by atoms with van der Waals surface area (Å²) in [5.74, 6) is 0.348. The molecule has 1 atom stereocenters. The first-order valence-corrected chi connectivity index (χ1v) is 8.47. The van der Waals surface area contributed by atoms with Gasteiger partial charge < -0.3 is 5.11 Å². The van der Waals surface area contributed by atoms with E-state index in [9.17, 15) is 14.7 Å². The lowest BCUT2D eigenvalue weighted by molar-refractivity contribution is 0.386. The summed E-state index contributed by atoms with van der Waals surface area (Å²) < 4.78 is 2.00.